The molecule has 1 rings (SSSR count). The molecule has 0 fully saturated rings. The normalized spacial score (nSPS) is 9.38. The van der Waals surface area contributed by atoms with Crippen LogP contribution in [-0.2, 0) is 0 Å². The average molecular weight is 177 g/mol. The molecule has 70 valence electrons. The maximum atomic E-state index is 5.52. The van der Waals surface area contributed by atoms with Crippen molar-refractivity contribution in [2.75, 3.05) is 17.6 Å². The first-order chi connectivity index (χ1) is 6.18. The Hall–Kier alpha value is -1.51. The second-order valence-corrected chi connectivity index (χ2v) is 3.13. The van der Waals surface area contributed by atoms with Crippen molar-refractivity contribution in [3.05, 3.63) is 30.0 Å². The molecule has 0 radical (unpaired) electrons. The average Bonchev–Trinajstić information content (AvgIpc) is 2.03. The molecule has 0 unspecified atom stereocenters. The van der Waals surface area contributed by atoms with Gasteiger partial charge in [-0.15, -0.1) is 0 Å². The van der Waals surface area contributed by atoms with E-state index in [9.17, 15) is 0 Å². The molecule has 0 bridgehead atoms. The van der Waals surface area contributed by atoms with Crippen LogP contribution in [0.4, 0.5) is 11.5 Å². The Bertz CT molecular complexity index is 301. The molecule has 0 saturated carbocycles. The highest BCUT2D eigenvalue weighted by molar-refractivity contribution is 5.49. The van der Waals surface area contributed by atoms with Gasteiger partial charge in [0.2, 0.25) is 0 Å². The van der Waals surface area contributed by atoms with Crippen LogP contribution in [0.2, 0.25) is 0 Å². The van der Waals surface area contributed by atoms with Gasteiger partial charge in [0.1, 0.15) is 5.82 Å². The number of anilines is 2. The lowest BCUT2D eigenvalue weighted by Crippen LogP contribution is -2.00. The molecule has 0 atom stereocenters. The molecule has 13 heavy (non-hydrogen) atoms. The first kappa shape index (κ1) is 9.58. The van der Waals surface area contributed by atoms with E-state index < -0.39 is 0 Å². The van der Waals surface area contributed by atoms with E-state index in [-0.39, 0.29) is 0 Å². The lowest BCUT2D eigenvalue weighted by atomic mass is 10.3. The van der Waals surface area contributed by atoms with E-state index in [4.69, 9.17) is 5.73 Å². The van der Waals surface area contributed by atoms with Gasteiger partial charge < -0.3 is 11.1 Å². The van der Waals surface area contributed by atoms with Crippen LogP contribution < -0.4 is 11.1 Å². The fourth-order valence-electron chi connectivity index (χ4n) is 0.931. The third-order valence-corrected chi connectivity index (χ3v) is 1.60. The van der Waals surface area contributed by atoms with Crippen LogP contribution in [0.3, 0.4) is 0 Å². The van der Waals surface area contributed by atoms with Crippen molar-refractivity contribution in [3.63, 3.8) is 0 Å². The van der Waals surface area contributed by atoms with Gasteiger partial charge in [-0.2, -0.15) is 0 Å². The quantitative estimate of drug-likeness (QED) is 0.695. The summed E-state index contributed by atoms with van der Waals surface area (Å²) >= 11 is 0. The third-order valence-electron chi connectivity index (χ3n) is 1.60. The van der Waals surface area contributed by atoms with Gasteiger partial charge in [-0.25, -0.2) is 4.98 Å². The Morgan fingerprint density at radius 2 is 2.38 bits per heavy atom. The van der Waals surface area contributed by atoms with Gasteiger partial charge in [0.05, 0.1) is 0 Å². The largest absolute Gasteiger partial charge is 0.384 e. The number of nitrogens with two attached hydrogens (primary N) is 1. The number of nitrogens with one attached hydrogen (secondary N) is 1. The zero-order valence-electron chi connectivity index (χ0n) is 8.04. The summed E-state index contributed by atoms with van der Waals surface area (Å²) in [5.74, 6) is 0.544. The summed E-state index contributed by atoms with van der Waals surface area (Å²) in [5, 5.41) is 3.22. The second kappa shape index (κ2) is 4.50. The summed E-state index contributed by atoms with van der Waals surface area (Å²) in [7, 11) is 0. The Morgan fingerprint density at radius 3 is 3.00 bits per heavy atom. The standard InChI is InChI=1S/C10H15N3/c1-8(2)3-5-12-9-4-6-13-10(11)7-9/h3-4,6-7H,5H2,1-2H3,(H3,11,12,13). The molecule has 1 heterocycles. The van der Waals surface area contributed by atoms with Crippen LogP contribution in [-0.4, -0.2) is 11.5 Å². The van der Waals surface area contributed by atoms with Crippen molar-refractivity contribution in [2.24, 2.45) is 0 Å². The first-order valence-corrected chi connectivity index (χ1v) is 4.27. The van der Waals surface area contributed by atoms with E-state index in [1.54, 1.807) is 6.20 Å². The minimum Gasteiger partial charge on any atom is -0.384 e. The van der Waals surface area contributed by atoms with Crippen molar-refractivity contribution in [2.45, 2.75) is 13.8 Å². The molecule has 3 heteroatoms. The monoisotopic (exact) mass is 177 g/mol. The van der Waals surface area contributed by atoms with Crippen LogP contribution >= 0.6 is 0 Å². The van der Waals surface area contributed by atoms with Crippen LogP contribution in [0.5, 0.6) is 0 Å². The number of nitrogen functional groups attached to an aromatic ring is 1. The topological polar surface area (TPSA) is 50.9 Å². The molecule has 0 spiro atoms. The van der Waals surface area contributed by atoms with Crippen molar-refractivity contribution in [1.82, 2.24) is 4.98 Å². The maximum absolute atomic E-state index is 5.52. The van der Waals surface area contributed by atoms with E-state index >= 15 is 0 Å². The van der Waals surface area contributed by atoms with E-state index in [1.165, 1.54) is 5.57 Å². The molecule has 0 saturated heterocycles. The fraction of sp³-hybridized carbons (Fsp3) is 0.300. The van der Waals surface area contributed by atoms with Gasteiger partial charge in [0.25, 0.3) is 0 Å². The van der Waals surface area contributed by atoms with Gasteiger partial charge in [0, 0.05) is 24.5 Å². The number of nitrogens with zero attached hydrogens (tertiary/aromatic N) is 1. The zero-order chi connectivity index (χ0) is 9.68. The van der Waals surface area contributed by atoms with Crippen molar-refractivity contribution >= 4 is 11.5 Å². The van der Waals surface area contributed by atoms with Crippen LogP contribution in [0.15, 0.2) is 30.0 Å². The summed E-state index contributed by atoms with van der Waals surface area (Å²) in [6, 6.07) is 3.72. The summed E-state index contributed by atoms with van der Waals surface area (Å²) in [6.07, 6.45) is 3.82. The second-order valence-electron chi connectivity index (χ2n) is 3.13. The number of rotatable bonds is 3. The minimum atomic E-state index is 0.544. The minimum absolute atomic E-state index is 0.544. The van der Waals surface area contributed by atoms with E-state index in [0.29, 0.717) is 5.82 Å². The highest BCUT2D eigenvalue weighted by Gasteiger charge is 1.90. The van der Waals surface area contributed by atoms with Crippen LogP contribution in [0, 0.1) is 0 Å². The number of aromatic nitrogens is 1. The molecule has 0 aliphatic carbocycles. The first-order valence-electron chi connectivity index (χ1n) is 4.27. The van der Waals surface area contributed by atoms with E-state index in [2.05, 4.69) is 30.2 Å². The highest BCUT2D eigenvalue weighted by atomic mass is 14.9. The van der Waals surface area contributed by atoms with Crippen molar-refractivity contribution < 1.29 is 0 Å². The van der Waals surface area contributed by atoms with Crippen molar-refractivity contribution in [1.29, 1.82) is 0 Å². The predicted molar refractivity (Wildman–Crippen MR) is 56.6 cm³/mol. The van der Waals surface area contributed by atoms with E-state index in [0.717, 1.165) is 12.2 Å². The summed E-state index contributed by atoms with van der Waals surface area (Å²) in [6.45, 7) is 4.97. The molecule has 0 aliphatic heterocycles. The third kappa shape index (κ3) is 3.60. The Kier molecular flexibility index (Phi) is 3.31. The van der Waals surface area contributed by atoms with Gasteiger partial charge >= 0.3 is 0 Å². The Morgan fingerprint density at radius 1 is 1.62 bits per heavy atom. The summed E-state index contributed by atoms with van der Waals surface area (Å²) in [4.78, 5) is 3.91. The van der Waals surface area contributed by atoms with Crippen molar-refractivity contribution in [3.8, 4) is 0 Å². The predicted octanol–water partition coefficient (Wildman–Crippen LogP) is 2.04. The fourth-order valence-corrected chi connectivity index (χ4v) is 0.931. The molecule has 3 N–H and O–H groups in total. The van der Waals surface area contributed by atoms with Crippen LogP contribution in [0.1, 0.15) is 13.8 Å². The molecular weight excluding hydrogens is 162 g/mol. The van der Waals surface area contributed by atoms with Gasteiger partial charge in [-0.05, 0) is 19.9 Å². The molecule has 0 aliphatic rings. The molecular formula is C10H15N3. The molecule has 3 nitrogen and oxygen atoms in total. The number of hydrogen-bond acceptors (Lipinski definition) is 3. The Balaban J connectivity index is 2.50. The molecule has 0 amide bonds. The number of hydrogen-bond donors (Lipinski definition) is 2. The molecule has 1 aromatic heterocycles. The van der Waals surface area contributed by atoms with E-state index in [1.807, 2.05) is 12.1 Å². The number of allylic oxidation sites excluding steroid dienone is 1. The summed E-state index contributed by atoms with van der Waals surface area (Å²) < 4.78 is 0. The molecule has 0 aromatic carbocycles. The van der Waals surface area contributed by atoms with Crippen LogP contribution in [0.25, 0.3) is 0 Å². The smallest absolute Gasteiger partial charge is 0.125 e. The zero-order valence-corrected chi connectivity index (χ0v) is 8.04. The highest BCUT2D eigenvalue weighted by Crippen LogP contribution is 2.08. The van der Waals surface area contributed by atoms with Gasteiger partial charge in [-0.3, -0.25) is 0 Å². The lowest BCUT2D eigenvalue weighted by Gasteiger charge is -2.03. The summed E-state index contributed by atoms with van der Waals surface area (Å²) in [5.41, 5.74) is 7.83. The lowest BCUT2D eigenvalue weighted by molar-refractivity contribution is 1.25. The van der Waals surface area contributed by atoms with Gasteiger partial charge in [0.15, 0.2) is 0 Å². The van der Waals surface area contributed by atoms with Gasteiger partial charge in [-0.1, -0.05) is 11.6 Å². The maximum Gasteiger partial charge on any atom is 0.125 e. The molecule has 1 aromatic rings. The SMILES string of the molecule is CC(C)=CCNc1ccnc(N)c1. The number of pyridine rings is 1. The Labute approximate surface area is 78.7 Å².